The monoisotopic (exact) mass is 364 g/mol. The summed E-state index contributed by atoms with van der Waals surface area (Å²) < 4.78 is 33.0. The van der Waals surface area contributed by atoms with E-state index in [1.165, 1.54) is 4.31 Å². The first-order valence-electron chi connectivity index (χ1n) is 9.10. The highest BCUT2D eigenvalue weighted by Crippen LogP contribution is 2.30. The quantitative estimate of drug-likeness (QED) is 0.818. The van der Waals surface area contributed by atoms with Crippen LogP contribution in [0.1, 0.15) is 31.2 Å². The lowest BCUT2D eigenvalue weighted by Gasteiger charge is -2.31. The van der Waals surface area contributed by atoms with E-state index in [1.807, 2.05) is 4.90 Å². The molecule has 1 amide bonds. The lowest BCUT2D eigenvalue weighted by Crippen LogP contribution is -2.41. The lowest BCUT2D eigenvalue weighted by molar-refractivity contribution is -0.138. The summed E-state index contributed by atoms with van der Waals surface area (Å²) in [6.45, 7) is 2.58. The van der Waals surface area contributed by atoms with Gasteiger partial charge in [-0.05, 0) is 43.0 Å². The third-order valence-electron chi connectivity index (χ3n) is 5.52. The number of carbonyl (C=O) groups excluding carboxylic acids is 1. The van der Waals surface area contributed by atoms with E-state index < -0.39 is 10.0 Å². The van der Waals surface area contributed by atoms with Crippen molar-refractivity contribution in [1.29, 1.82) is 0 Å². The Hall–Kier alpha value is -1.60. The fraction of sp³-hybridized carbons (Fsp3) is 0.611. The highest BCUT2D eigenvalue weighted by atomic mass is 32.2. The molecule has 25 heavy (non-hydrogen) atoms. The normalized spacial score (nSPS) is 22.0. The number of carbonyl (C=O) groups is 1. The van der Waals surface area contributed by atoms with Crippen molar-refractivity contribution in [1.82, 2.24) is 9.21 Å². The Balaban J connectivity index is 1.48. The Morgan fingerprint density at radius 2 is 1.92 bits per heavy atom. The first-order valence-corrected chi connectivity index (χ1v) is 10.5. The van der Waals surface area contributed by atoms with Gasteiger partial charge in [-0.3, -0.25) is 4.79 Å². The minimum Gasteiger partial charge on any atom is -0.493 e. The molecular formula is C18H24N2O4S. The molecule has 0 radical (unpaired) electrons. The van der Waals surface area contributed by atoms with E-state index in [1.54, 1.807) is 18.2 Å². The second-order valence-electron chi connectivity index (χ2n) is 7.08. The van der Waals surface area contributed by atoms with Crippen LogP contribution >= 0.6 is 0 Å². The van der Waals surface area contributed by atoms with Crippen LogP contribution in [0.15, 0.2) is 23.1 Å². The Bertz CT molecular complexity index is 773. The number of benzene rings is 1. The van der Waals surface area contributed by atoms with Gasteiger partial charge in [-0.1, -0.05) is 6.42 Å². The Kier molecular flexibility index (Phi) is 4.45. The number of ether oxygens (including phenoxy) is 1. The van der Waals surface area contributed by atoms with E-state index in [0.717, 1.165) is 37.0 Å². The van der Waals surface area contributed by atoms with Gasteiger partial charge in [0.15, 0.2) is 0 Å². The zero-order valence-corrected chi connectivity index (χ0v) is 15.1. The molecule has 0 bridgehead atoms. The molecule has 3 aliphatic rings. The molecule has 0 atom stereocenters. The summed E-state index contributed by atoms with van der Waals surface area (Å²) in [6, 6.07) is 5.11. The van der Waals surface area contributed by atoms with Crippen molar-refractivity contribution >= 4 is 15.9 Å². The van der Waals surface area contributed by atoms with E-state index in [2.05, 4.69) is 0 Å². The van der Waals surface area contributed by atoms with E-state index >= 15 is 0 Å². The zero-order valence-electron chi connectivity index (χ0n) is 14.3. The SMILES string of the molecule is O=C(C1CCC1)N1CCCN(S(=O)(=O)c2ccc3c(c2)CCO3)CC1. The van der Waals surface area contributed by atoms with Crippen molar-refractivity contribution in [2.75, 3.05) is 32.8 Å². The summed E-state index contributed by atoms with van der Waals surface area (Å²) in [4.78, 5) is 14.6. The number of hydrogen-bond donors (Lipinski definition) is 0. The molecule has 0 N–H and O–H groups in total. The summed E-state index contributed by atoms with van der Waals surface area (Å²) >= 11 is 0. The molecule has 136 valence electrons. The van der Waals surface area contributed by atoms with Crippen LogP contribution in [0.2, 0.25) is 0 Å². The Morgan fingerprint density at radius 3 is 2.68 bits per heavy atom. The van der Waals surface area contributed by atoms with Crippen LogP contribution in [0.5, 0.6) is 5.75 Å². The maximum Gasteiger partial charge on any atom is 0.243 e. The van der Waals surface area contributed by atoms with Gasteiger partial charge in [0.05, 0.1) is 11.5 Å². The first-order chi connectivity index (χ1) is 12.1. The van der Waals surface area contributed by atoms with E-state index in [0.29, 0.717) is 44.1 Å². The van der Waals surface area contributed by atoms with Crippen molar-refractivity contribution in [3.8, 4) is 5.75 Å². The fourth-order valence-corrected chi connectivity index (χ4v) is 5.26. The van der Waals surface area contributed by atoms with Crippen LogP contribution in [0.3, 0.4) is 0 Å². The van der Waals surface area contributed by atoms with Gasteiger partial charge in [-0.15, -0.1) is 0 Å². The molecule has 2 aliphatic heterocycles. The molecule has 1 aliphatic carbocycles. The summed E-state index contributed by atoms with van der Waals surface area (Å²) in [5.74, 6) is 1.16. The third kappa shape index (κ3) is 3.15. The van der Waals surface area contributed by atoms with Crippen molar-refractivity contribution in [2.24, 2.45) is 5.92 Å². The van der Waals surface area contributed by atoms with Crippen LogP contribution in [0, 0.1) is 5.92 Å². The number of nitrogens with zero attached hydrogens (tertiary/aromatic N) is 2. The lowest BCUT2D eigenvalue weighted by atomic mass is 9.84. The van der Waals surface area contributed by atoms with Crippen LogP contribution in [-0.4, -0.2) is 56.3 Å². The maximum absolute atomic E-state index is 13.0. The Morgan fingerprint density at radius 1 is 1.08 bits per heavy atom. The molecule has 1 saturated carbocycles. The van der Waals surface area contributed by atoms with Gasteiger partial charge >= 0.3 is 0 Å². The van der Waals surface area contributed by atoms with E-state index in [4.69, 9.17) is 4.74 Å². The molecule has 0 aromatic heterocycles. The molecule has 0 unspecified atom stereocenters. The molecular weight excluding hydrogens is 340 g/mol. The minimum atomic E-state index is -3.53. The highest BCUT2D eigenvalue weighted by Gasteiger charge is 2.33. The molecule has 1 saturated heterocycles. The molecule has 7 heteroatoms. The second-order valence-corrected chi connectivity index (χ2v) is 9.02. The zero-order chi connectivity index (χ0) is 17.4. The maximum atomic E-state index is 13.0. The topological polar surface area (TPSA) is 66.9 Å². The largest absolute Gasteiger partial charge is 0.493 e. The second kappa shape index (κ2) is 6.61. The molecule has 1 aromatic carbocycles. The van der Waals surface area contributed by atoms with Crippen molar-refractivity contribution < 1.29 is 17.9 Å². The van der Waals surface area contributed by atoms with Crippen LogP contribution in [0.25, 0.3) is 0 Å². The van der Waals surface area contributed by atoms with Gasteiger partial charge in [0.1, 0.15) is 5.75 Å². The summed E-state index contributed by atoms with van der Waals surface area (Å²) in [5, 5.41) is 0. The molecule has 4 rings (SSSR count). The first kappa shape index (κ1) is 16.8. The highest BCUT2D eigenvalue weighted by molar-refractivity contribution is 7.89. The summed E-state index contributed by atoms with van der Waals surface area (Å²) in [5.41, 5.74) is 0.956. The van der Waals surface area contributed by atoms with Crippen LogP contribution in [0.4, 0.5) is 0 Å². The Labute approximate surface area is 148 Å². The van der Waals surface area contributed by atoms with Crippen molar-refractivity contribution in [3.05, 3.63) is 23.8 Å². The summed E-state index contributed by atoms with van der Waals surface area (Å²) in [7, 11) is -3.53. The molecule has 6 nitrogen and oxygen atoms in total. The van der Waals surface area contributed by atoms with Gasteiger partial charge in [-0.2, -0.15) is 4.31 Å². The standard InChI is InChI=1S/C18H24N2O4S/c21-18(14-3-1-4-14)19-8-2-9-20(11-10-19)25(22,23)16-5-6-17-15(13-16)7-12-24-17/h5-6,13-14H,1-4,7-12H2. The predicted octanol–water partition coefficient (Wildman–Crippen LogP) is 1.64. The van der Waals surface area contributed by atoms with Crippen molar-refractivity contribution in [3.63, 3.8) is 0 Å². The van der Waals surface area contributed by atoms with E-state index in [-0.39, 0.29) is 11.8 Å². The van der Waals surface area contributed by atoms with Gasteiger partial charge in [0, 0.05) is 38.5 Å². The van der Waals surface area contributed by atoms with Crippen molar-refractivity contribution in [2.45, 2.75) is 37.0 Å². The minimum absolute atomic E-state index is 0.167. The predicted molar refractivity (Wildman–Crippen MR) is 92.9 cm³/mol. The van der Waals surface area contributed by atoms with Gasteiger partial charge in [0.2, 0.25) is 15.9 Å². The third-order valence-corrected chi connectivity index (χ3v) is 7.41. The summed E-state index contributed by atoms with van der Waals surface area (Å²) in [6.07, 6.45) is 4.53. The van der Waals surface area contributed by atoms with Gasteiger partial charge in [0.25, 0.3) is 0 Å². The average molecular weight is 364 g/mol. The average Bonchev–Trinajstić information content (AvgIpc) is 2.86. The van der Waals surface area contributed by atoms with Crippen LogP contribution in [-0.2, 0) is 21.2 Å². The number of rotatable bonds is 3. The van der Waals surface area contributed by atoms with Crippen LogP contribution < -0.4 is 4.74 Å². The molecule has 2 fully saturated rings. The number of fused-ring (bicyclic) bond motifs is 1. The van der Waals surface area contributed by atoms with Gasteiger partial charge in [-0.25, -0.2) is 8.42 Å². The number of amides is 1. The molecule has 2 heterocycles. The van der Waals surface area contributed by atoms with Gasteiger partial charge < -0.3 is 9.64 Å². The van der Waals surface area contributed by atoms with E-state index in [9.17, 15) is 13.2 Å². The molecule has 0 spiro atoms. The number of sulfonamides is 1. The fourth-order valence-electron chi connectivity index (χ4n) is 3.74. The number of hydrogen-bond acceptors (Lipinski definition) is 4. The molecule has 1 aromatic rings. The smallest absolute Gasteiger partial charge is 0.243 e.